The van der Waals surface area contributed by atoms with Crippen LogP contribution in [0.4, 0.5) is 0 Å². The Bertz CT molecular complexity index is 1340. The van der Waals surface area contributed by atoms with E-state index < -0.39 is 12.1 Å². The number of nitriles is 1. The number of allylic oxidation sites excluding steroid dienone is 1. The smallest absolute Gasteiger partial charge is 0.311 e. The van der Waals surface area contributed by atoms with E-state index in [-0.39, 0.29) is 23.6 Å². The normalized spacial score (nSPS) is 13.1. The SMILES string of the molecule is Cc1nc2ncnn2c(C)c1CC(=O)O[C@H](C)/C(O)=C(\C#N)c1nc2ccccc2[nH]1. The van der Waals surface area contributed by atoms with E-state index >= 15 is 0 Å². The molecule has 0 fully saturated rings. The molecule has 4 rings (SSSR count). The maximum absolute atomic E-state index is 12.6. The first-order chi connectivity index (χ1) is 14.9. The molecular weight excluding hydrogens is 398 g/mol. The van der Waals surface area contributed by atoms with E-state index in [1.807, 2.05) is 31.2 Å². The Labute approximate surface area is 176 Å². The number of carbonyl (C=O) groups is 1. The fourth-order valence-electron chi connectivity index (χ4n) is 3.36. The summed E-state index contributed by atoms with van der Waals surface area (Å²) in [6.45, 7) is 5.08. The molecule has 0 aliphatic rings. The number of aliphatic hydroxyl groups is 1. The third-order valence-corrected chi connectivity index (χ3v) is 5.00. The molecular formula is C21H19N7O3. The Morgan fingerprint density at radius 2 is 2.10 bits per heavy atom. The van der Waals surface area contributed by atoms with Crippen LogP contribution < -0.4 is 0 Å². The van der Waals surface area contributed by atoms with Gasteiger partial charge in [-0.05, 0) is 32.9 Å². The second-order valence-corrected chi connectivity index (χ2v) is 7.02. The average Bonchev–Trinajstić information content (AvgIpc) is 3.38. The van der Waals surface area contributed by atoms with Crippen LogP contribution in [0.25, 0.3) is 22.4 Å². The number of H-pyrrole nitrogens is 1. The molecule has 0 amide bonds. The summed E-state index contributed by atoms with van der Waals surface area (Å²) < 4.78 is 6.93. The van der Waals surface area contributed by atoms with Crippen LogP contribution in [0.15, 0.2) is 36.4 Å². The number of aromatic nitrogens is 6. The number of nitrogens with zero attached hydrogens (tertiary/aromatic N) is 6. The first-order valence-corrected chi connectivity index (χ1v) is 9.52. The maximum atomic E-state index is 12.6. The summed E-state index contributed by atoms with van der Waals surface area (Å²) in [7, 11) is 0. The lowest BCUT2D eigenvalue weighted by Gasteiger charge is -2.15. The van der Waals surface area contributed by atoms with Gasteiger partial charge in [0.05, 0.1) is 17.5 Å². The molecule has 0 unspecified atom stereocenters. The fourth-order valence-corrected chi connectivity index (χ4v) is 3.36. The summed E-state index contributed by atoms with van der Waals surface area (Å²) in [6.07, 6.45) is 0.285. The highest BCUT2D eigenvalue weighted by Crippen LogP contribution is 2.22. The van der Waals surface area contributed by atoms with Gasteiger partial charge in [-0.1, -0.05) is 12.1 Å². The number of benzene rings is 1. The van der Waals surface area contributed by atoms with E-state index in [4.69, 9.17) is 4.74 Å². The number of aromatic amines is 1. The maximum Gasteiger partial charge on any atom is 0.311 e. The average molecular weight is 417 g/mol. The highest BCUT2D eigenvalue weighted by molar-refractivity contribution is 5.83. The predicted octanol–water partition coefficient (Wildman–Crippen LogP) is 2.58. The number of esters is 1. The van der Waals surface area contributed by atoms with Crippen molar-refractivity contribution in [1.29, 1.82) is 5.26 Å². The van der Waals surface area contributed by atoms with Crippen LogP contribution in [-0.4, -0.2) is 46.7 Å². The van der Waals surface area contributed by atoms with E-state index in [1.165, 1.54) is 13.3 Å². The summed E-state index contributed by atoms with van der Waals surface area (Å²) in [4.78, 5) is 28.3. The lowest BCUT2D eigenvalue weighted by atomic mass is 10.1. The van der Waals surface area contributed by atoms with Crippen molar-refractivity contribution in [3.63, 3.8) is 0 Å². The molecule has 2 N–H and O–H groups in total. The van der Waals surface area contributed by atoms with Crippen molar-refractivity contribution in [2.75, 3.05) is 0 Å². The van der Waals surface area contributed by atoms with E-state index in [0.29, 0.717) is 22.6 Å². The molecule has 31 heavy (non-hydrogen) atoms. The van der Waals surface area contributed by atoms with Crippen LogP contribution in [0.5, 0.6) is 0 Å². The van der Waals surface area contributed by atoms with Gasteiger partial charge in [0.2, 0.25) is 0 Å². The zero-order valence-electron chi connectivity index (χ0n) is 17.1. The Kier molecular flexibility index (Phi) is 5.09. The molecule has 3 heterocycles. The third kappa shape index (κ3) is 3.69. The highest BCUT2D eigenvalue weighted by atomic mass is 16.6. The number of hydrogen-bond acceptors (Lipinski definition) is 8. The van der Waals surface area contributed by atoms with Crippen LogP contribution in [-0.2, 0) is 16.0 Å². The molecule has 10 heteroatoms. The molecule has 1 atom stereocenters. The predicted molar refractivity (Wildman–Crippen MR) is 111 cm³/mol. The van der Waals surface area contributed by atoms with Gasteiger partial charge in [-0.15, -0.1) is 0 Å². The molecule has 3 aromatic heterocycles. The quantitative estimate of drug-likeness (QED) is 0.287. The molecule has 0 spiro atoms. The summed E-state index contributed by atoms with van der Waals surface area (Å²) in [5.41, 5.74) is 3.33. The first-order valence-electron chi connectivity index (χ1n) is 9.52. The monoisotopic (exact) mass is 417 g/mol. The number of rotatable bonds is 5. The van der Waals surface area contributed by atoms with Gasteiger partial charge >= 0.3 is 5.97 Å². The van der Waals surface area contributed by atoms with Gasteiger partial charge in [0, 0.05) is 17.0 Å². The summed E-state index contributed by atoms with van der Waals surface area (Å²) in [5, 5.41) is 24.2. The van der Waals surface area contributed by atoms with Crippen molar-refractivity contribution in [3.8, 4) is 6.07 Å². The minimum absolute atomic E-state index is 0.0649. The summed E-state index contributed by atoms with van der Waals surface area (Å²) in [5.74, 6) is -0.302. The molecule has 10 nitrogen and oxygen atoms in total. The molecule has 0 aliphatic heterocycles. The molecule has 0 saturated carbocycles. The van der Waals surface area contributed by atoms with Gasteiger partial charge in [-0.25, -0.2) is 14.5 Å². The van der Waals surface area contributed by atoms with Gasteiger partial charge in [0.1, 0.15) is 18.0 Å². The number of carbonyl (C=O) groups excluding carboxylic acids is 1. The second-order valence-electron chi connectivity index (χ2n) is 7.02. The van der Waals surface area contributed by atoms with E-state index in [0.717, 1.165) is 11.2 Å². The number of nitrogens with one attached hydrogen (secondary N) is 1. The molecule has 4 aromatic rings. The number of ether oxygens (including phenoxy) is 1. The largest absolute Gasteiger partial charge is 0.507 e. The van der Waals surface area contributed by atoms with Crippen molar-refractivity contribution in [2.45, 2.75) is 33.3 Å². The van der Waals surface area contributed by atoms with E-state index in [1.54, 1.807) is 17.5 Å². The van der Waals surface area contributed by atoms with Crippen LogP contribution >= 0.6 is 0 Å². The number of fused-ring (bicyclic) bond motifs is 2. The van der Waals surface area contributed by atoms with Gasteiger partial charge in [0.25, 0.3) is 5.78 Å². The van der Waals surface area contributed by atoms with Gasteiger partial charge in [0.15, 0.2) is 17.7 Å². The zero-order valence-corrected chi connectivity index (χ0v) is 17.1. The summed E-state index contributed by atoms with van der Waals surface area (Å²) in [6, 6.07) is 9.19. The zero-order chi connectivity index (χ0) is 22.1. The van der Waals surface area contributed by atoms with Crippen LogP contribution in [0.2, 0.25) is 0 Å². The molecule has 156 valence electrons. The van der Waals surface area contributed by atoms with Crippen molar-refractivity contribution in [1.82, 2.24) is 29.5 Å². The fraction of sp³-hybridized carbons (Fsp3) is 0.238. The Morgan fingerprint density at radius 1 is 1.32 bits per heavy atom. The van der Waals surface area contributed by atoms with Crippen molar-refractivity contribution < 1.29 is 14.6 Å². The first kappa shape index (κ1) is 20.0. The van der Waals surface area contributed by atoms with E-state index in [9.17, 15) is 15.2 Å². The number of imidazole rings is 1. The van der Waals surface area contributed by atoms with E-state index in [2.05, 4.69) is 25.0 Å². The number of para-hydroxylation sites is 2. The van der Waals surface area contributed by atoms with Crippen molar-refractivity contribution in [3.05, 3.63) is 59.1 Å². The standard InChI is InChI=1S/C21H19N7O3/c1-11-14(12(2)28-21(25-11)23-10-24-28)8-18(29)31-13(3)19(30)15(9-22)20-26-16-6-4-5-7-17(16)27-20/h4-7,10,13,30H,8H2,1-3H3,(H,26,27)/b19-15-/t13-/m1/s1. The number of hydrogen-bond donors (Lipinski definition) is 2. The van der Waals surface area contributed by atoms with Crippen molar-refractivity contribution >= 4 is 28.4 Å². The minimum Gasteiger partial charge on any atom is -0.507 e. The topological polar surface area (TPSA) is 142 Å². The van der Waals surface area contributed by atoms with Gasteiger partial charge < -0.3 is 14.8 Å². The minimum atomic E-state index is -1.04. The molecule has 0 saturated heterocycles. The lowest BCUT2D eigenvalue weighted by molar-refractivity contribution is -0.147. The van der Waals surface area contributed by atoms with Gasteiger partial charge in [-0.2, -0.15) is 15.3 Å². The Morgan fingerprint density at radius 3 is 2.84 bits per heavy atom. The second kappa shape index (κ2) is 7.87. The molecule has 0 radical (unpaired) electrons. The van der Waals surface area contributed by atoms with Crippen LogP contribution in [0.3, 0.4) is 0 Å². The summed E-state index contributed by atoms with van der Waals surface area (Å²) >= 11 is 0. The van der Waals surface area contributed by atoms with Gasteiger partial charge in [-0.3, -0.25) is 4.79 Å². The molecule has 0 aliphatic carbocycles. The van der Waals surface area contributed by atoms with Crippen LogP contribution in [0.1, 0.15) is 29.7 Å². The lowest BCUT2D eigenvalue weighted by Crippen LogP contribution is -2.21. The third-order valence-electron chi connectivity index (χ3n) is 5.00. The highest BCUT2D eigenvalue weighted by Gasteiger charge is 2.22. The number of aliphatic hydroxyl groups excluding tert-OH is 1. The number of aryl methyl sites for hydroxylation is 2. The molecule has 1 aromatic carbocycles. The Hall–Kier alpha value is -4.26. The molecule has 0 bridgehead atoms. The van der Waals surface area contributed by atoms with Crippen LogP contribution in [0, 0.1) is 25.2 Å². The van der Waals surface area contributed by atoms with Crippen molar-refractivity contribution in [2.24, 2.45) is 0 Å². The Balaban J connectivity index is 1.56.